The molecule has 88 valence electrons. The summed E-state index contributed by atoms with van der Waals surface area (Å²) in [7, 11) is 1.86. The number of rotatable bonds is 4. The van der Waals surface area contributed by atoms with E-state index in [0.29, 0.717) is 0 Å². The van der Waals surface area contributed by atoms with Gasteiger partial charge in [-0.1, -0.05) is 30.3 Å². The zero-order valence-corrected chi connectivity index (χ0v) is 9.71. The summed E-state index contributed by atoms with van der Waals surface area (Å²) >= 11 is 0. The molecular formula is C13H15N3O. The van der Waals surface area contributed by atoms with E-state index in [-0.39, 0.29) is 12.2 Å². The smallest absolute Gasteiger partial charge is 0.161 e. The van der Waals surface area contributed by atoms with E-state index >= 15 is 0 Å². The van der Waals surface area contributed by atoms with Crippen LogP contribution in [0.5, 0.6) is 0 Å². The van der Waals surface area contributed by atoms with Crippen molar-refractivity contribution in [3.05, 3.63) is 54.1 Å². The van der Waals surface area contributed by atoms with Crippen LogP contribution in [0.4, 0.5) is 0 Å². The van der Waals surface area contributed by atoms with Gasteiger partial charge in [0.2, 0.25) is 0 Å². The molecular weight excluding hydrogens is 214 g/mol. The predicted octanol–water partition coefficient (Wildman–Crippen LogP) is 1.23. The van der Waals surface area contributed by atoms with E-state index in [1.165, 1.54) is 0 Å². The molecule has 4 heteroatoms. The number of benzene rings is 1. The first-order valence-corrected chi connectivity index (χ1v) is 5.48. The third-order valence-electron chi connectivity index (χ3n) is 2.76. The summed E-state index contributed by atoms with van der Waals surface area (Å²) < 4.78 is 1.83. The van der Waals surface area contributed by atoms with Crippen molar-refractivity contribution < 1.29 is 4.79 Å². The lowest BCUT2D eigenvalue weighted by molar-refractivity contribution is -0.119. The highest BCUT2D eigenvalue weighted by atomic mass is 16.1. The molecule has 1 heterocycles. The van der Waals surface area contributed by atoms with Crippen molar-refractivity contribution in [1.29, 1.82) is 0 Å². The number of Topliss-reactive ketones (excluding diaryl/α,β-unsaturated/α-hetero) is 1. The zero-order valence-electron chi connectivity index (χ0n) is 9.71. The first-order valence-electron chi connectivity index (χ1n) is 5.48. The van der Waals surface area contributed by atoms with Gasteiger partial charge in [-0.25, -0.2) is 4.98 Å². The van der Waals surface area contributed by atoms with E-state index in [4.69, 9.17) is 5.73 Å². The molecule has 1 aromatic heterocycles. The molecule has 17 heavy (non-hydrogen) atoms. The van der Waals surface area contributed by atoms with Gasteiger partial charge in [-0.2, -0.15) is 0 Å². The van der Waals surface area contributed by atoms with Crippen molar-refractivity contribution in [2.45, 2.75) is 12.5 Å². The predicted molar refractivity (Wildman–Crippen MR) is 65.3 cm³/mol. The quantitative estimate of drug-likeness (QED) is 0.857. The van der Waals surface area contributed by atoms with Gasteiger partial charge < -0.3 is 10.3 Å². The van der Waals surface area contributed by atoms with E-state index in [1.807, 2.05) is 48.1 Å². The van der Waals surface area contributed by atoms with Gasteiger partial charge >= 0.3 is 0 Å². The first-order chi connectivity index (χ1) is 8.18. The van der Waals surface area contributed by atoms with Crippen molar-refractivity contribution in [3.63, 3.8) is 0 Å². The maximum Gasteiger partial charge on any atom is 0.161 e. The lowest BCUT2D eigenvalue weighted by Gasteiger charge is -2.10. The maximum atomic E-state index is 12.0. The van der Waals surface area contributed by atoms with Crippen LogP contribution in [0.25, 0.3) is 0 Å². The average Bonchev–Trinajstić information content (AvgIpc) is 2.75. The van der Waals surface area contributed by atoms with Crippen LogP contribution < -0.4 is 5.73 Å². The van der Waals surface area contributed by atoms with Crippen LogP contribution in [-0.2, 0) is 18.3 Å². The Morgan fingerprint density at radius 2 is 2.12 bits per heavy atom. The molecule has 1 aromatic carbocycles. The number of ketones is 1. The Labute approximate surface area is 100 Å². The van der Waals surface area contributed by atoms with Crippen LogP contribution in [0, 0.1) is 0 Å². The van der Waals surface area contributed by atoms with Gasteiger partial charge in [0.1, 0.15) is 5.82 Å². The summed E-state index contributed by atoms with van der Waals surface area (Å²) in [6, 6.07) is 8.81. The summed E-state index contributed by atoms with van der Waals surface area (Å²) in [6.07, 6.45) is 3.76. The number of hydrogen-bond acceptors (Lipinski definition) is 3. The summed E-state index contributed by atoms with van der Waals surface area (Å²) in [6.45, 7) is 0. The average molecular weight is 229 g/mol. The molecule has 0 bridgehead atoms. The third kappa shape index (κ3) is 2.60. The van der Waals surface area contributed by atoms with Crippen molar-refractivity contribution >= 4 is 5.78 Å². The normalized spacial score (nSPS) is 12.4. The molecule has 0 amide bonds. The molecule has 0 spiro atoms. The fourth-order valence-corrected chi connectivity index (χ4v) is 1.68. The number of hydrogen-bond donors (Lipinski definition) is 1. The summed E-state index contributed by atoms with van der Waals surface area (Å²) in [5, 5.41) is 0. The van der Waals surface area contributed by atoms with E-state index < -0.39 is 6.04 Å². The molecule has 0 saturated carbocycles. The SMILES string of the molecule is Cn1ccnc1CC(=O)C(N)c1ccccc1. The Hall–Kier alpha value is -1.94. The fraction of sp³-hybridized carbons (Fsp3) is 0.231. The Bertz CT molecular complexity index is 504. The largest absolute Gasteiger partial charge is 0.338 e. The van der Waals surface area contributed by atoms with E-state index in [1.54, 1.807) is 6.20 Å². The van der Waals surface area contributed by atoms with Gasteiger partial charge in [0.15, 0.2) is 5.78 Å². The second kappa shape index (κ2) is 4.93. The van der Waals surface area contributed by atoms with Crippen LogP contribution in [0.15, 0.2) is 42.7 Å². The van der Waals surface area contributed by atoms with Crippen molar-refractivity contribution in [2.24, 2.45) is 12.8 Å². The maximum absolute atomic E-state index is 12.0. The molecule has 0 fully saturated rings. The van der Waals surface area contributed by atoms with E-state index in [9.17, 15) is 4.79 Å². The molecule has 0 aliphatic rings. The lowest BCUT2D eigenvalue weighted by Crippen LogP contribution is -2.24. The summed E-state index contributed by atoms with van der Waals surface area (Å²) in [5.74, 6) is 0.715. The van der Waals surface area contributed by atoms with Gasteiger partial charge in [-0.3, -0.25) is 4.79 Å². The fourth-order valence-electron chi connectivity index (χ4n) is 1.68. The second-order valence-corrected chi connectivity index (χ2v) is 3.99. The minimum absolute atomic E-state index is 0.0227. The molecule has 2 rings (SSSR count). The Kier molecular flexibility index (Phi) is 3.35. The van der Waals surface area contributed by atoms with Gasteiger partial charge in [-0.15, -0.1) is 0 Å². The number of nitrogens with two attached hydrogens (primary N) is 1. The molecule has 0 saturated heterocycles. The highest BCUT2D eigenvalue weighted by Gasteiger charge is 2.17. The van der Waals surface area contributed by atoms with E-state index in [2.05, 4.69) is 4.98 Å². The Morgan fingerprint density at radius 1 is 1.41 bits per heavy atom. The number of aryl methyl sites for hydroxylation is 1. The molecule has 0 aliphatic carbocycles. The number of aromatic nitrogens is 2. The Balaban J connectivity index is 2.09. The molecule has 4 nitrogen and oxygen atoms in total. The van der Waals surface area contributed by atoms with Gasteiger partial charge in [-0.05, 0) is 5.56 Å². The van der Waals surface area contributed by atoms with Crippen molar-refractivity contribution in [2.75, 3.05) is 0 Å². The second-order valence-electron chi connectivity index (χ2n) is 3.99. The number of carbonyl (C=O) groups is 1. The highest BCUT2D eigenvalue weighted by molar-refractivity contribution is 5.86. The third-order valence-corrected chi connectivity index (χ3v) is 2.76. The van der Waals surface area contributed by atoms with E-state index in [0.717, 1.165) is 11.4 Å². The molecule has 1 unspecified atom stereocenters. The minimum atomic E-state index is -0.576. The number of carbonyl (C=O) groups excluding carboxylic acids is 1. The molecule has 1 atom stereocenters. The van der Waals surface area contributed by atoms with Gasteiger partial charge in [0, 0.05) is 19.4 Å². The van der Waals surface area contributed by atoms with Crippen LogP contribution in [0.3, 0.4) is 0 Å². The molecule has 2 aromatic rings. The molecule has 0 aliphatic heterocycles. The van der Waals surface area contributed by atoms with Crippen LogP contribution in [-0.4, -0.2) is 15.3 Å². The molecule has 2 N–H and O–H groups in total. The van der Waals surface area contributed by atoms with Crippen LogP contribution in [0.2, 0.25) is 0 Å². The Morgan fingerprint density at radius 3 is 2.71 bits per heavy atom. The highest BCUT2D eigenvalue weighted by Crippen LogP contribution is 2.12. The topological polar surface area (TPSA) is 60.9 Å². The van der Waals surface area contributed by atoms with Crippen molar-refractivity contribution in [3.8, 4) is 0 Å². The first kappa shape index (κ1) is 11.5. The van der Waals surface area contributed by atoms with Gasteiger partial charge in [0.25, 0.3) is 0 Å². The van der Waals surface area contributed by atoms with Gasteiger partial charge in [0.05, 0.1) is 12.5 Å². The summed E-state index contributed by atoms with van der Waals surface area (Å²) in [5.41, 5.74) is 6.76. The zero-order chi connectivity index (χ0) is 12.3. The molecule has 0 radical (unpaired) electrons. The minimum Gasteiger partial charge on any atom is -0.338 e. The van der Waals surface area contributed by atoms with Crippen LogP contribution >= 0.6 is 0 Å². The lowest BCUT2D eigenvalue weighted by atomic mass is 10.0. The van der Waals surface area contributed by atoms with Crippen molar-refractivity contribution in [1.82, 2.24) is 9.55 Å². The van der Waals surface area contributed by atoms with Crippen LogP contribution in [0.1, 0.15) is 17.4 Å². The summed E-state index contributed by atoms with van der Waals surface area (Å²) in [4.78, 5) is 16.1. The number of nitrogens with zero attached hydrogens (tertiary/aromatic N) is 2. The monoisotopic (exact) mass is 229 g/mol. The number of imidazole rings is 1. The standard InChI is InChI=1S/C13H15N3O/c1-16-8-7-15-12(16)9-11(17)13(14)10-5-3-2-4-6-10/h2-8,13H,9,14H2,1H3.